The largest absolute Gasteiger partial charge is 0.299 e. The van der Waals surface area contributed by atoms with Gasteiger partial charge in [-0.05, 0) is 23.6 Å². The van der Waals surface area contributed by atoms with Gasteiger partial charge in [-0.3, -0.25) is 19.8 Å². The number of hydrogen-bond donors (Lipinski definition) is 1. The summed E-state index contributed by atoms with van der Waals surface area (Å²) in [6.45, 7) is 0.760. The van der Waals surface area contributed by atoms with Crippen LogP contribution in [0.2, 0.25) is 5.02 Å². The fraction of sp³-hybridized carbons (Fsp3) is 0.304. The van der Waals surface area contributed by atoms with Gasteiger partial charge in [-0.15, -0.1) is 0 Å². The van der Waals surface area contributed by atoms with Gasteiger partial charge in [0.25, 0.3) is 0 Å². The lowest BCUT2D eigenvalue weighted by Gasteiger charge is -2.53. The zero-order chi connectivity index (χ0) is 21.4. The Morgan fingerprint density at radius 1 is 0.967 bits per heavy atom. The molecule has 2 amide bonds. The van der Waals surface area contributed by atoms with Crippen molar-refractivity contribution in [1.82, 2.24) is 10.2 Å². The van der Waals surface area contributed by atoms with Crippen LogP contribution in [0.4, 0.5) is 0 Å². The highest BCUT2D eigenvalue weighted by Crippen LogP contribution is 2.56. The molecule has 30 heavy (non-hydrogen) atoms. The topological polar surface area (TPSA) is 97.0 Å². The first-order valence-corrected chi connectivity index (χ1v) is 10.0. The van der Waals surface area contributed by atoms with E-state index in [1.807, 2.05) is 35.2 Å². The second kappa shape index (κ2) is 7.57. The van der Waals surface area contributed by atoms with E-state index >= 15 is 0 Å². The Bertz CT molecular complexity index is 1050. The van der Waals surface area contributed by atoms with Crippen LogP contribution in [0.3, 0.4) is 0 Å². The number of fused-ring (bicyclic) bond motifs is 2. The van der Waals surface area contributed by atoms with Crippen LogP contribution in [0.15, 0.2) is 54.6 Å². The van der Waals surface area contributed by atoms with E-state index in [9.17, 15) is 20.1 Å². The normalized spacial score (nSPS) is 28.3. The first-order chi connectivity index (χ1) is 14.5. The summed E-state index contributed by atoms with van der Waals surface area (Å²) >= 11 is 6.40. The third-order valence-electron chi connectivity index (χ3n) is 6.14. The molecule has 0 aromatic heterocycles. The number of imide groups is 1. The molecule has 2 atom stereocenters. The molecule has 0 spiro atoms. The smallest absolute Gasteiger partial charge is 0.249 e. The van der Waals surface area contributed by atoms with Crippen molar-refractivity contribution in [3.8, 4) is 12.1 Å². The van der Waals surface area contributed by atoms with Crippen LogP contribution < -0.4 is 5.32 Å². The zero-order valence-corrected chi connectivity index (χ0v) is 16.9. The summed E-state index contributed by atoms with van der Waals surface area (Å²) < 4.78 is 0. The van der Waals surface area contributed by atoms with Gasteiger partial charge in [0.1, 0.15) is 0 Å². The predicted octanol–water partition coefficient (Wildman–Crippen LogP) is 2.66. The molecule has 0 aliphatic carbocycles. The molecule has 2 bridgehead atoms. The van der Waals surface area contributed by atoms with Crippen molar-refractivity contribution in [3.05, 3.63) is 70.7 Å². The van der Waals surface area contributed by atoms with Crippen molar-refractivity contribution in [2.45, 2.75) is 12.3 Å². The summed E-state index contributed by atoms with van der Waals surface area (Å²) in [4.78, 5) is 27.9. The summed E-state index contributed by atoms with van der Waals surface area (Å²) in [7, 11) is 0. The second-order valence-corrected chi connectivity index (χ2v) is 8.26. The number of benzene rings is 2. The highest BCUT2D eigenvalue weighted by molar-refractivity contribution is 6.31. The molecule has 2 aliphatic rings. The van der Waals surface area contributed by atoms with Crippen molar-refractivity contribution < 1.29 is 9.59 Å². The number of halogens is 1. The van der Waals surface area contributed by atoms with Gasteiger partial charge in [0.15, 0.2) is 10.8 Å². The minimum atomic E-state index is -1.59. The summed E-state index contributed by atoms with van der Waals surface area (Å²) in [6.07, 6.45) is 0.677. The van der Waals surface area contributed by atoms with Gasteiger partial charge < -0.3 is 0 Å². The Hall–Kier alpha value is -3.19. The maximum atomic E-state index is 13.0. The predicted molar refractivity (Wildman–Crippen MR) is 110 cm³/mol. The average Bonchev–Trinajstić information content (AvgIpc) is 2.77. The van der Waals surface area contributed by atoms with Gasteiger partial charge in [-0.25, -0.2) is 0 Å². The van der Waals surface area contributed by atoms with E-state index in [0.717, 1.165) is 5.56 Å². The average molecular weight is 419 g/mol. The standard InChI is InChI=1S/C23H19ClN4O2/c24-18-9-5-4-8-17(18)19-22(12-25)14-28(11-10-16-6-2-1-3-7-16)15-23(19,13-26)21(30)27-20(22)29/h1-9,19H,10-11,14-15H2,(H,27,29,30). The van der Waals surface area contributed by atoms with Gasteiger partial charge in [0, 0.05) is 30.6 Å². The van der Waals surface area contributed by atoms with Crippen LogP contribution in [0.25, 0.3) is 0 Å². The molecule has 2 heterocycles. The fourth-order valence-corrected chi connectivity index (χ4v) is 4.97. The molecular weight excluding hydrogens is 400 g/mol. The number of piperidine rings is 2. The van der Waals surface area contributed by atoms with Crippen molar-refractivity contribution in [2.75, 3.05) is 19.6 Å². The Labute approximate surface area is 179 Å². The number of carbonyl (C=O) groups excluding carboxylic acids is 2. The second-order valence-electron chi connectivity index (χ2n) is 7.85. The molecule has 2 aromatic rings. The Kier molecular flexibility index (Phi) is 5.07. The van der Waals surface area contributed by atoms with Gasteiger partial charge in [0.2, 0.25) is 11.8 Å². The molecule has 1 N–H and O–H groups in total. The SMILES string of the molecule is N#CC12CN(CCc3ccccc3)CC(C#N)(C(=O)NC1=O)C2c1ccccc1Cl. The minimum Gasteiger partial charge on any atom is -0.299 e. The van der Waals surface area contributed by atoms with Gasteiger partial charge in [-0.1, -0.05) is 60.1 Å². The number of nitriles is 2. The first kappa shape index (κ1) is 20.1. The lowest BCUT2D eigenvalue weighted by molar-refractivity contribution is -0.155. The molecule has 2 aliphatic heterocycles. The number of nitrogens with one attached hydrogen (secondary N) is 1. The number of hydrogen-bond acceptors (Lipinski definition) is 5. The van der Waals surface area contributed by atoms with Crippen molar-refractivity contribution in [3.63, 3.8) is 0 Å². The van der Waals surface area contributed by atoms with Crippen molar-refractivity contribution >= 4 is 23.4 Å². The molecular formula is C23H19ClN4O2. The Morgan fingerprint density at radius 2 is 1.53 bits per heavy atom. The van der Waals surface area contributed by atoms with Crippen LogP contribution in [-0.4, -0.2) is 36.3 Å². The summed E-state index contributed by atoms with van der Waals surface area (Å²) in [6, 6.07) is 20.9. The molecule has 0 radical (unpaired) electrons. The van der Waals surface area contributed by atoms with Crippen molar-refractivity contribution in [1.29, 1.82) is 10.5 Å². The van der Waals surface area contributed by atoms with Gasteiger partial charge in [-0.2, -0.15) is 10.5 Å². The molecule has 7 heteroatoms. The van der Waals surface area contributed by atoms with E-state index in [2.05, 4.69) is 17.5 Å². The third kappa shape index (κ3) is 2.97. The lowest BCUT2D eigenvalue weighted by Crippen LogP contribution is -2.71. The molecule has 6 nitrogen and oxygen atoms in total. The molecule has 2 aromatic carbocycles. The maximum absolute atomic E-state index is 13.0. The minimum absolute atomic E-state index is 0.120. The van der Waals surface area contributed by atoms with Crippen LogP contribution in [0, 0.1) is 33.5 Å². The maximum Gasteiger partial charge on any atom is 0.249 e. The number of carbonyl (C=O) groups is 2. The fourth-order valence-electron chi connectivity index (χ4n) is 4.73. The number of likely N-dealkylation sites (tertiary alicyclic amines) is 1. The quantitative estimate of drug-likeness (QED) is 0.770. The molecule has 4 rings (SSSR count). The molecule has 2 saturated heterocycles. The third-order valence-corrected chi connectivity index (χ3v) is 6.49. The summed E-state index contributed by atoms with van der Waals surface area (Å²) in [5.41, 5.74) is -1.61. The van der Waals surface area contributed by atoms with E-state index in [0.29, 0.717) is 23.6 Å². The van der Waals surface area contributed by atoms with E-state index < -0.39 is 28.6 Å². The first-order valence-electron chi connectivity index (χ1n) is 9.66. The molecule has 0 saturated carbocycles. The molecule has 2 unspecified atom stereocenters. The van der Waals surface area contributed by atoms with Crippen molar-refractivity contribution in [2.24, 2.45) is 10.8 Å². The lowest BCUT2D eigenvalue weighted by atomic mass is 9.54. The van der Waals surface area contributed by atoms with E-state index in [1.54, 1.807) is 24.3 Å². The van der Waals surface area contributed by atoms with Crippen LogP contribution in [-0.2, 0) is 16.0 Å². The van der Waals surface area contributed by atoms with Gasteiger partial charge >= 0.3 is 0 Å². The highest BCUT2D eigenvalue weighted by atomic mass is 35.5. The summed E-state index contributed by atoms with van der Waals surface area (Å²) in [5, 5.41) is 23.0. The van der Waals surface area contributed by atoms with E-state index in [-0.39, 0.29) is 13.1 Å². The van der Waals surface area contributed by atoms with E-state index in [1.165, 1.54) is 0 Å². The summed E-state index contributed by atoms with van der Waals surface area (Å²) in [5.74, 6) is -2.28. The van der Waals surface area contributed by atoms with Crippen LogP contribution in [0.5, 0.6) is 0 Å². The number of amides is 2. The number of rotatable bonds is 4. The van der Waals surface area contributed by atoms with E-state index in [4.69, 9.17) is 11.6 Å². The molecule has 150 valence electrons. The number of nitrogens with zero attached hydrogens (tertiary/aromatic N) is 3. The zero-order valence-electron chi connectivity index (χ0n) is 16.1. The monoisotopic (exact) mass is 418 g/mol. The Balaban J connectivity index is 1.79. The van der Waals surface area contributed by atoms with Crippen LogP contribution in [0.1, 0.15) is 17.0 Å². The Morgan fingerprint density at radius 3 is 2.10 bits per heavy atom. The molecule has 2 fully saturated rings. The highest BCUT2D eigenvalue weighted by Gasteiger charge is 2.68. The van der Waals surface area contributed by atoms with Gasteiger partial charge in [0.05, 0.1) is 12.1 Å². The van der Waals surface area contributed by atoms with Crippen LogP contribution >= 0.6 is 11.6 Å².